The minimum absolute atomic E-state index is 0.0413. The van der Waals surface area contributed by atoms with Crippen molar-refractivity contribution in [2.75, 3.05) is 51.5 Å². The summed E-state index contributed by atoms with van der Waals surface area (Å²) in [5.41, 5.74) is 0.158. The van der Waals surface area contributed by atoms with Crippen LogP contribution < -0.4 is 15.4 Å². The van der Waals surface area contributed by atoms with Gasteiger partial charge in [-0.1, -0.05) is 18.8 Å². The van der Waals surface area contributed by atoms with Crippen LogP contribution in [-0.4, -0.2) is 99.2 Å². The number of aromatic nitrogens is 2. The number of carbonyl (C=O) groups is 1. The summed E-state index contributed by atoms with van der Waals surface area (Å²) in [6.45, 7) is 0.986. The van der Waals surface area contributed by atoms with Gasteiger partial charge in [-0.15, -0.1) is 0 Å². The Morgan fingerprint density at radius 2 is 1.92 bits per heavy atom. The van der Waals surface area contributed by atoms with Crippen molar-refractivity contribution in [2.24, 2.45) is 5.92 Å². The van der Waals surface area contributed by atoms with E-state index < -0.39 is 52.9 Å². The van der Waals surface area contributed by atoms with Gasteiger partial charge in [0, 0.05) is 37.6 Å². The minimum Gasteiger partial charge on any atom is -0.495 e. The van der Waals surface area contributed by atoms with Crippen molar-refractivity contribution in [3.8, 4) is 17.6 Å². The van der Waals surface area contributed by atoms with Gasteiger partial charge in [0.2, 0.25) is 0 Å². The minimum atomic E-state index is -4.60. The predicted octanol–water partition coefficient (Wildman–Crippen LogP) is 4.34. The zero-order valence-corrected chi connectivity index (χ0v) is 27.4. The molecule has 0 spiro atoms. The van der Waals surface area contributed by atoms with Gasteiger partial charge in [-0.2, -0.15) is 13.2 Å². The summed E-state index contributed by atoms with van der Waals surface area (Å²) < 4.78 is 107. The lowest BCUT2D eigenvalue weighted by Crippen LogP contribution is -2.64. The van der Waals surface area contributed by atoms with Crippen LogP contribution in [0.15, 0.2) is 41.6 Å². The second-order valence-corrected chi connectivity index (χ2v) is 14.1. The first kappa shape index (κ1) is 35.4. The molecule has 2 fully saturated rings. The number of benzene rings is 2. The number of alkyl halides is 5. The third-order valence-electron chi connectivity index (χ3n) is 8.47. The Morgan fingerprint density at radius 1 is 1.19 bits per heavy atom. The number of hydrogen-bond donors (Lipinski definition) is 2. The first-order chi connectivity index (χ1) is 22.6. The van der Waals surface area contributed by atoms with Gasteiger partial charge in [0.1, 0.15) is 17.8 Å². The van der Waals surface area contributed by atoms with E-state index in [1.165, 1.54) is 37.4 Å². The largest absolute Gasteiger partial charge is 0.495 e. The van der Waals surface area contributed by atoms with Crippen LogP contribution in [0, 0.1) is 17.8 Å². The van der Waals surface area contributed by atoms with Gasteiger partial charge in [-0.25, -0.2) is 22.2 Å². The summed E-state index contributed by atoms with van der Waals surface area (Å²) >= 11 is 0. The quantitative estimate of drug-likeness (QED) is 0.264. The Kier molecular flexibility index (Phi) is 10.2. The highest BCUT2D eigenvalue weighted by atomic mass is 32.2. The van der Waals surface area contributed by atoms with Gasteiger partial charge >= 0.3 is 6.18 Å². The predicted molar refractivity (Wildman–Crippen MR) is 168 cm³/mol. The van der Waals surface area contributed by atoms with E-state index in [-0.39, 0.29) is 39.6 Å². The van der Waals surface area contributed by atoms with Gasteiger partial charge in [0.25, 0.3) is 11.8 Å². The molecule has 1 aromatic heterocycles. The fourth-order valence-electron chi connectivity index (χ4n) is 6.19. The average molecular weight is 698 g/mol. The van der Waals surface area contributed by atoms with Gasteiger partial charge in [0.15, 0.2) is 9.84 Å². The maximum atomic E-state index is 15.6. The van der Waals surface area contributed by atoms with Crippen LogP contribution >= 0.6 is 0 Å². The normalized spacial score (nSPS) is 20.6. The number of halogens is 5. The first-order valence-corrected chi connectivity index (χ1v) is 17.1. The van der Waals surface area contributed by atoms with Crippen LogP contribution in [0.5, 0.6) is 5.75 Å². The lowest BCUT2D eigenvalue weighted by atomic mass is 9.88. The highest BCUT2D eigenvalue weighted by Crippen LogP contribution is 2.34. The fourth-order valence-corrected chi connectivity index (χ4v) is 6.84. The van der Waals surface area contributed by atoms with Crippen LogP contribution in [0.1, 0.15) is 35.7 Å². The molecule has 1 amide bonds. The average Bonchev–Trinajstić information content (AvgIpc) is 3.41. The molecule has 48 heavy (non-hydrogen) atoms. The van der Waals surface area contributed by atoms with Crippen molar-refractivity contribution in [3.63, 3.8) is 0 Å². The maximum Gasteiger partial charge on any atom is 0.406 e. The molecule has 2 atom stereocenters. The Hall–Kier alpha value is -3.94. The van der Waals surface area contributed by atoms with Crippen LogP contribution in [0.2, 0.25) is 0 Å². The molecular formula is C32H36F5N5O5S. The third kappa shape index (κ3) is 8.19. The third-order valence-corrected chi connectivity index (χ3v) is 9.58. The van der Waals surface area contributed by atoms with Gasteiger partial charge in [-0.05, 0) is 49.1 Å². The molecule has 0 radical (unpaired) electrons. The molecule has 10 nitrogen and oxygen atoms in total. The maximum absolute atomic E-state index is 15.6. The van der Waals surface area contributed by atoms with E-state index in [1.54, 1.807) is 11.8 Å². The lowest BCUT2D eigenvalue weighted by Gasteiger charge is -2.46. The molecule has 260 valence electrons. The SMILES string of the molecule is COc1ccc(S(C)(=O)=O)cc1NCC#Cc1cc(C(=O)N[C@@H]2[C@@H](C)CN(C3CCOCC3)CC2(F)F)c2ncn(CC(F)(F)F)c2c1. The zero-order chi connectivity index (χ0) is 34.9. The number of sulfone groups is 1. The highest BCUT2D eigenvalue weighted by Gasteiger charge is 2.50. The summed E-state index contributed by atoms with van der Waals surface area (Å²) in [5.74, 6) is 1.13. The number of imidazole rings is 1. The van der Waals surface area contributed by atoms with Crippen molar-refractivity contribution >= 4 is 32.5 Å². The van der Waals surface area contributed by atoms with Crippen LogP contribution in [0.4, 0.5) is 27.6 Å². The number of methoxy groups -OCH3 is 1. The highest BCUT2D eigenvalue weighted by molar-refractivity contribution is 7.90. The summed E-state index contributed by atoms with van der Waals surface area (Å²) in [6, 6.07) is 5.33. The fraction of sp³-hybridized carbons (Fsp3) is 0.500. The lowest BCUT2D eigenvalue weighted by molar-refractivity contribution is -0.140. The van der Waals surface area contributed by atoms with Crippen LogP contribution in [0.25, 0.3) is 11.0 Å². The summed E-state index contributed by atoms with van der Waals surface area (Å²) in [6.07, 6.45) is -1.32. The van der Waals surface area contributed by atoms with Crippen molar-refractivity contribution in [1.29, 1.82) is 0 Å². The van der Waals surface area contributed by atoms with E-state index in [0.29, 0.717) is 44.0 Å². The molecule has 2 aromatic carbocycles. The number of carbonyl (C=O) groups excluding carboxylic acids is 1. The van der Waals surface area contributed by atoms with Crippen molar-refractivity contribution < 1.29 is 44.6 Å². The molecule has 3 aromatic rings. The molecule has 0 bridgehead atoms. The molecule has 0 unspecified atom stereocenters. The molecule has 2 N–H and O–H groups in total. The number of amides is 1. The van der Waals surface area contributed by atoms with E-state index >= 15 is 8.78 Å². The molecule has 2 aliphatic rings. The van der Waals surface area contributed by atoms with Crippen LogP contribution in [0.3, 0.4) is 0 Å². The van der Waals surface area contributed by atoms with Gasteiger partial charge in [-0.3, -0.25) is 9.69 Å². The first-order valence-electron chi connectivity index (χ1n) is 15.2. The molecule has 5 rings (SSSR count). The number of fused-ring (bicyclic) bond motifs is 1. The van der Waals surface area contributed by atoms with E-state index in [9.17, 15) is 26.4 Å². The van der Waals surface area contributed by atoms with Gasteiger partial charge < -0.3 is 24.7 Å². The Labute approximate surface area is 274 Å². The van der Waals surface area contributed by atoms with Crippen molar-refractivity contribution in [2.45, 2.75) is 55.4 Å². The second kappa shape index (κ2) is 13.9. The van der Waals surface area contributed by atoms with E-state index in [4.69, 9.17) is 9.47 Å². The number of ether oxygens (including phenoxy) is 2. The van der Waals surface area contributed by atoms with Crippen LogP contribution in [-0.2, 0) is 21.1 Å². The number of nitrogens with zero attached hydrogens (tertiary/aromatic N) is 3. The molecule has 16 heteroatoms. The topological polar surface area (TPSA) is 115 Å². The Balaban J connectivity index is 1.41. The Bertz CT molecular complexity index is 1830. The van der Waals surface area contributed by atoms with E-state index in [2.05, 4.69) is 27.5 Å². The second-order valence-electron chi connectivity index (χ2n) is 12.1. The van der Waals surface area contributed by atoms with Gasteiger partial charge in [0.05, 0.1) is 54.2 Å². The number of hydrogen-bond acceptors (Lipinski definition) is 8. The molecule has 0 aliphatic carbocycles. The molecule has 3 heterocycles. The van der Waals surface area contributed by atoms with Crippen molar-refractivity contribution in [3.05, 3.63) is 47.8 Å². The standard InChI is InChI=1S/C32H36F5N5O5S/c1-20-16-41(22-8-11-47-12-9-22)17-31(33,34)29(20)40-30(43)24-13-21(14-26-28(24)39-19-42(26)18-32(35,36)37)5-4-10-38-25-15-23(48(3,44)45)6-7-27(25)46-2/h6-7,13-15,19-20,22,29,38H,8-12,16-18H2,1-3H3,(H,40,43)/t20-,29+/m0/s1. The summed E-state index contributed by atoms with van der Waals surface area (Å²) in [5, 5.41) is 5.41. The zero-order valence-electron chi connectivity index (χ0n) is 26.5. The van der Waals surface area contributed by atoms with Crippen molar-refractivity contribution in [1.82, 2.24) is 19.8 Å². The number of anilines is 1. The number of likely N-dealkylation sites (tertiary alicyclic amines) is 1. The smallest absolute Gasteiger partial charge is 0.406 e. The molecule has 0 saturated carbocycles. The molecular weight excluding hydrogens is 661 g/mol. The molecule has 2 aliphatic heterocycles. The number of nitrogens with one attached hydrogen (secondary N) is 2. The van der Waals surface area contributed by atoms with E-state index in [1.807, 2.05) is 0 Å². The number of piperidine rings is 1. The Morgan fingerprint density at radius 3 is 2.56 bits per heavy atom. The van der Waals surface area contributed by atoms with E-state index in [0.717, 1.165) is 17.2 Å². The number of rotatable bonds is 8. The summed E-state index contributed by atoms with van der Waals surface area (Å²) in [4.78, 5) is 19.4. The molecule has 2 saturated heterocycles. The monoisotopic (exact) mass is 697 g/mol. The summed E-state index contributed by atoms with van der Waals surface area (Å²) in [7, 11) is -2.10.